The lowest BCUT2D eigenvalue weighted by atomic mass is 10.0. The number of benzene rings is 1. The third kappa shape index (κ3) is 6.79. The van der Waals surface area contributed by atoms with E-state index in [1.165, 1.54) is 0 Å². The van der Waals surface area contributed by atoms with Gasteiger partial charge in [-0.05, 0) is 43.4 Å². The lowest BCUT2D eigenvalue weighted by Crippen LogP contribution is -2.32. The highest BCUT2D eigenvalue weighted by molar-refractivity contribution is 5.91. The van der Waals surface area contributed by atoms with Gasteiger partial charge in [-0.1, -0.05) is 50.5 Å². The summed E-state index contributed by atoms with van der Waals surface area (Å²) in [6.07, 6.45) is 10.4. The zero-order valence-corrected chi connectivity index (χ0v) is 16.8. The molecule has 1 aromatic rings. The van der Waals surface area contributed by atoms with Crippen LogP contribution in [0.25, 0.3) is 0 Å². The first-order valence-electron chi connectivity index (χ1n) is 10.5. The van der Waals surface area contributed by atoms with Crippen molar-refractivity contribution in [2.24, 2.45) is 0 Å². The molecule has 2 N–H and O–H groups in total. The van der Waals surface area contributed by atoms with E-state index in [4.69, 9.17) is 5.11 Å². The number of rotatable bonds is 12. The van der Waals surface area contributed by atoms with E-state index in [1.807, 2.05) is 36.4 Å². The average Bonchev–Trinajstić information content (AvgIpc) is 3.05. The molecular weight excluding hydrogens is 354 g/mol. The quantitative estimate of drug-likeness (QED) is 0.403. The molecule has 1 aliphatic rings. The third-order valence-electron chi connectivity index (χ3n) is 5.33. The highest BCUT2D eigenvalue weighted by atomic mass is 16.4. The molecule has 28 heavy (non-hydrogen) atoms. The van der Waals surface area contributed by atoms with E-state index >= 15 is 0 Å². The fraction of sp³-hybridized carbons (Fsp3) is 0.565. The van der Waals surface area contributed by atoms with Gasteiger partial charge in [0.1, 0.15) is 0 Å². The Morgan fingerprint density at radius 3 is 2.64 bits per heavy atom. The molecule has 0 amide bonds. The van der Waals surface area contributed by atoms with Crippen molar-refractivity contribution in [2.45, 2.75) is 76.9 Å². The molecule has 154 valence electrons. The van der Waals surface area contributed by atoms with Crippen molar-refractivity contribution >= 4 is 17.4 Å². The Hall–Kier alpha value is -2.14. The van der Waals surface area contributed by atoms with Crippen LogP contribution >= 0.6 is 0 Å². The number of carbonyl (C=O) groups excluding carboxylic acids is 1. The third-order valence-corrected chi connectivity index (χ3v) is 5.33. The summed E-state index contributed by atoms with van der Waals surface area (Å²) in [6, 6.07) is 7.78. The Balaban J connectivity index is 1.90. The minimum Gasteiger partial charge on any atom is -0.481 e. The van der Waals surface area contributed by atoms with Crippen molar-refractivity contribution in [3.63, 3.8) is 0 Å². The normalized spacial score (nSPS) is 18.1. The predicted octanol–water partition coefficient (Wildman–Crippen LogP) is 4.65. The first-order chi connectivity index (χ1) is 13.5. The highest BCUT2D eigenvalue weighted by Crippen LogP contribution is 2.28. The zero-order valence-electron chi connectivity index (χ0n) is 16.8. The summed E-state index contributed by atoms with van der Waals surface area (Å²) < 4.78 is 0. The number of aliphatic hydroxyl groups excluding tert-OH is 1. The molecule has 1 fully saturated rings. The van der Waals surface area contributed by atoms with Crippen LogP contribution in [0.1, 0.15) is 76.4 Å². The van der Waals surface area contributed by atoms with Crippen LogP contribution in [0, 0.1) is 0 Å². The maximum Gasteiger partial charge on any atom is 0.303 e. The topological polar surface area (TPSA) is 77.8 Å². The van der Waals surface area contributed by atoms with Crippen LogP contribution in [-0.2, 0) is 9.59 Å². The molecule has 5 nitrogen and oxygen atoms in total. The standard InChI is InChI=1S/C23H33NO4/c1-2-3-6-10-21(25)18-12-14-19(15-13-18)24-17-16-22(26)20(24)9-7-4-5-8-11-23(27)28/h4,7,12-15,20-21,25H,2-3,5-6,8-11,16-17H2,1H3,(H,27,28)/b7-4-/t20-,21?/m0/s1. The van der Waals surface area contributed by atoms with Crippen molar-refractivity contribution in [3.8, 4) is 0 Å². The van der Waals surface area contributed by atoms with Crippen LogP contribution in [0.5, 0.6) is 0 Å². The minimum atomic E-state index is -0.774. The number of carboxylic acid groups (broad SMARTS) is 1. The molecule has 0 saturated carbocycles. The summed E-state index contributed by atoms with van der Waals surface area (Å²) in [5.74, 6) is -0.525. The maximum atomic E-state index is 12.3. The molecule has 1 aliphatic heterocycles. The first-order valence-corrected chi connectivity index (χ1v) is 10.5. The van der Waals surface area contributed by atoms with E-state index in [0.29, 0.717) is 19.3 Å². The minimum absolute atomic E-state index is 0.156. The molecule has 1 aromatic carbocycles. The molecule has 5 heteroatoms. The number of nitrogens with zero attached hydrogens (tertiary/aromatic N) is 1. The number of aliphatic carboxylic acids is 1. The van der Waals surface area contributed by atoms with Crippen LogP contribution in [0.3, 0.4) is 0 Å². The molecular formula is C23H33NO4. The number of carboxylic acids is 1. The molecule has 0 spiro atoms. The van der Waals surface area contributed by atoms with Crippen molar-refractivity contribution in [1.82, 2.24) is 0 Å². The lowest BCUT2D eigenvalue weighted by Gasteiger charge is -2.25. The molecule has 2 rings (SSSR count). The molecule has 0 aliphatic carbocycles. The Morgan fingerprint density at radius 2 is 1.96 bits per heavy atom. The molecule has 1 heterocycles. The Bertz CT molecular complexity index is 653. The Morgan fingerprint density at radius 1 is 1.21 bits per heavy atom. The summed E-state index contributed by atoms with van der Waals surface area (Å²) in [6.45, 7) is 2.87. The number of Topliss-reactive ketones (excluding diaryl/α,β-unsaturated/α-hetero) is 1. The molecule has 0 bridgehead atoms. The first kappa shape index (κ1) is 22.2. The van der Waals surface area contributed by atoms with Crippen LogP contribution < -0.4 is 4.90 Å². The summed E-state index contributed by atoms with van der Waals surface area (Å²) in [4.78, 5) is 25.0. The fourth-order valence-electron chi connectivity index (χ4n) is 3.65. The summed E-state index contributed by atoms with van der Waals surface area (Å²) in [5, 5.41) is 19.0. The van der Waals surface area contributed by atoms with Crippen LogP contribution in [0.15, 0.2) is 36.4 Å². The van der Waals surface area contributed by atoms with Crippen molar-refractivity contribution in [1.29, 1.82) is 0 Å². The number of ketones is 1. The number of carbonyl (C=O) groups is 2. The Kier molecular flexibility index (Phi) is 9.21. The van der Waals surface area contributed by atoms with E-state index in [9.17, 15) is 14.7 Å². The summed E-state index contributed by atoms with van der Waals surface area (Å²) in [5.41, 5.74) is 1.94. The van der Waals surface area contributed by atoms with Gasteiger partial charge >= 0.3 is 5.97 Å². The summed E-state index contributed by atoms with van der Waals surface area (Å²) >= 11 is 0. The summed E-state index contributed by atoms with van der Waals surface area (Å²) in [7, 11) is 0. The zero-order chi connectivity index (χ0) is 20.4. The predicted molar refractivity (Wildman–Crippen MR) is 112 cm³/mol. The molecule has 0 aromatic heterocycles. The smallest absolute Gasteiger partial charge is 0.303 e. The van der Waals surface area contributed by atoms with Gasteiger partial charge in [-0.25, -0.2) is 0 Å². The van der Waals surface area contributed by atoms with Gasteiger partial charge in [0.05, 0.1) is 12.1 Å². The average molecular weight is 388 g/mol. The molecule has 0 radical (unpaired) electrons. The Labute approximate surface area is 168 Å². The van der Waals surface area contributed by atoms with Gasteiger partial charge in [0, 0.05) is 25.1 Å². The largest absolute Gasteiger partial charge is 0.481 e. The van der Waals surface area contributed by atoms with Crippen LogP contribution in [0.2, 0.25) is 0 Å². The number of hydrogen-bond donors (Lipinski definition) is 2. The van der Waals surface area contributed by atoms with Gasteiger partial charge in [-0.15, -0.1) is 0 Å². The van der Waals surface area contributed by atoms with E-state index in [-0.39, 0.29) is 18.2 Å². The number of allylic oxidation sites excluding steroid dienone is 1. The maximum absolute atomic E-state index is 12.3. The highest BCUT2D eigenvalue weighted by Gasteiger charge is 2.31. The molecule has 1 unspecified atom stereocenters. The van der Waals surface area contributed by atoms with E-state index < -0.39 is 12.1 Å². The lowest BCUT2D eigenvalue weighted by molar-refractivity contribution is -0.137. The van der Waals surface area contributed by atoms with Crippen molar-refractivity contribution < 1.29 is 19.8 Å². The monoisotopic (exact) mass is 387 g/mol. The van der Waals surface area contributed by atoms with Crippen LogP contribution in [-0.4, -0.2) is 34.6 Å². The second kappa shape index (κ2) is 11.6. The van der Waals surface area contributed by atoms with E-state index in [2.05, 4.69) is 11.8 Å². The molecule has 1 saturated heterocycles. The number of hydrogen-bond acceptors (Lipinski definition) is 4. The SMILES string of the molecule is CCCCCC(O)c1ccc(N2CCC(=O)[C@@H]2C/C=C\CCCC(=O)O)cc1. The van der Waals surface area contributed by atoms with Gasteiger partial charge in [-0.3, -0.25) is 9.59 Å². The molecule has 2 atom stereocenters. The van der Waals surface area contributed by atoms with Gasteiger partial charge in [0.25, 0.3) is 0 Å². The van der Waals surface area contributed by atoms with Crippen molar-refractivity contribution in [2.75, 3.05) is 11.4 Å². The second-order valence-electron chi connectivity index (χ2n) is 7.52. The van der Waals surface area contributed by atoms with E-state index in [1.54, 1.807) is 0 Å². The van der Waals surface area contributed by atoms with Crippen LogP contribution in [0.4, 0.5) is 5.69 Å². The van der Waals surface area contributed by atoms with E-state index in [0.717, 1.165) is 49.9 Å². The number of unbranched alkanes of at least 4 members (excludes halogenated alkanes) is 3. The van der Waals surface area contributed by atoms with Gasteiger partial charge in [0.15, 0.2) is 5.78 Å². The van der Waals surface area contributed by atoms with Gasteiger partial charge < -0.3 is 15.1 Å². The van der Waals surface area contributed by atoms with Gasteiger partial charge in [0.2, 0.25) is 0 Å². The fourth-order valence-corrected chi connectivity index (χ4v) is 3.65. The van der Waals surface area contributed by atoms with Gasteiger partial charge in [-0.2, -0.15) is 0 Å². The second-order valence-corrected chi connectivity index (χ2v) is 7.52. The number of aliphatic hydroxyl groups is 1. The van der Waals surface area contributed by atoms with Crippen molar-refractivity contribution in [3.05, 3.63) is 42.0 Å². The number of anilines is 1.